The number of rotatable bonds is 9. The molecule has 0 amide bonds. The second-order valence-electron chi connectivity index (χ2n) is 10.2. The SMILES string of the molecule is CCCn1nc(C(C)C)c(C(=O)O)c1Cc1ccc(-c2ccccc2S(=O)(=O)NC(C)(C)C)c(F)c1. The summed E-state index contributed by atoms with van der Waals surface area (Å²) in [6.07, 6.45) is 0.955. The molecule has 194 valence electrons. The van der Waals surface area contributed by atoms with Gasteiger partial charge in [-0.25, -0.2) is 22.3 Å². The monoisotopic (exact) mass is 515 g/mol. The Bertz CT molecular complexity index is 1370. The van der Waals surface area contributed by atoms with Gasteiger partial charge in [0.05, 0.1) is 16.3 Å². The van der Waals surface area contributed by atoms with E-state index in [1.807, 2.05) is 20.8 Å². The van der Waals surface area contributed by atoms with Gasteiger partial charge in [0.1, 0.15) is 11.4 Å². The molecule has 0 bridgehead atoms. The summed E-state index contributed by atoms with van der Waals surface area (Å²) in [7, 11) is -3.90. The van der Waals surface area contributed by atoms with Crippen LogP contribution in [-0.2, 0) is 23.0 Å². The van der Waals surface area contributed by atoms with Gasteiger partial charge in [0.25, 0.3) is 0 Å². The van der Waals surface area contributed by atoms with Gasteiger partial charge in [0.15, 0.2) is 0 Å². The van der Waals surface area contributed by atoms with E-state index in [0.29, 0.717) is 23.5 Å². The van der Waals surface area contributed by atoms with Crippen molar-refractivity contribution >= 4 is 16.0 Å². The molecule has 0 saturated carbocycles. The second kappa shape index (κ2) is 10.5. The number of carboxylic acids is 1. The van der Waals surface area contributed by atoms with E-state index in [1.165, 1.54) is 12.1 Å². The van der Waals surface area contributed by atoms with Crippen LogP contribution in [0, 0.1) is 5.82 Å². The first-order chi connectivity index (χ1) is 16.7. The topological polar surface area (TPSA) is 101 Å². The molecule has 7 nitrogen and oxygen atoms in total. The van der Waals surface area contributed by atoms with E-state index in [4.69, 9.17) is 0 Å². The number of aromatic carboxylic acids is 1. The number of aromatic nitrogens is 2. The molecule has 36 heavy (non-hydrogen) atoms. The summed E-state index contributed by atoms with van der Waals surface area (Å²) in [6.45, 7) is 11.5. The number of benzene rings is 2. The molecule has 1 heterocycles. The van der Waals surface area contributed by atoms with Crippen LogP contribution in [0.25, 0.3) is 11.1 Å². The molecule has 9 heteroatoms. The highest BCUT2D eigenvalue weighted by Gasteiger charge is 2.27. The van der Waals surface area contributed by atoms with Crippen LogP contribution in [0.1, 0.15) is 81.2 Å². The average molecular weight is 516 g/mol. The Kier molecular flexibility index (Phi) is 8.05. The Balaban J connectivity index is 2.06. The van der Waals surface area contributed by atoms with Crippen LogP contribution >= 0.6 is 0 Å². The van der Waals surface area contributed by atoms with Crippen LogP contribution in [0.5, 0.6) is 0 Å². The van der Waals surface area contributed by atoms with Crippen molar-refractivity contribution in [1.82, 2.24) is 14.5 Å². The van der Waals surface area contributed by atoms with E-state index in [2.05, 4.69) is 9.82 Å². The van der Waals surface area contributed by atoms with E-state index in [9.17, 15) is 18.3 Å². The molecule has 1 aromatic heterocycles. The largest absolute Gasteiger partial charge is 0.478 e. The van der Waals surface area contributed by atoms with Crippen LogP contribution in [0.4, 0.5) is 4.39 Å². The van der Waals surface area contributed by atoms with Gasteiger partial charge in [0, 0.05) is 29.6 Å². The molecule has 3 aromatic rings. The molecule has 0 aliphatic rings. The lowest BCUT2D eigenvalue weighted by molar-refractivity contribution is 0.0694. The van der Waals surface area contributed by atoms with Crippen molar-refractivity contribution in [2.24, 2.45) is 0 Å². The lowest BCUT2D eigenvalue weighted by Crippen LogP contribution is -2.40. The van der Waals surface area contributed by atoms with E-state index in [1.54, 1.807) is 55.8 Å². The predicted octanol–water partition coefficient (Wildman–Crippen LogP) is 5.59. The number of carboxylic acid groups (broad SMARTS) is 1. The Morgan fingerprint density at radius 3 is 2.36 bits per heavy atom. The van der Waals surface area contributed by atoms with E-state index in [0.717, 1.165) is 6.42 Å². The highest BCUT2D eigenvalue weighted by Crippen LogP contribution is 2.32. The molecule has 0 saturated heterocycles. The first kappa shape index (κ1) is 27.5. The number of aryl methyl sites for hydroxylation is 1. The molecule has 0 aliphatic heterocycles. The van der Waals surface area contributed by atoms with Gasteiger partial charge in [-0.2, -0.15) is 5.10 Å². The fourth-order valence-corrected chi connectivity index (χ4v) is 5.83. The van der Waals surface area contributed by atoms with E-state index >= 15 is 4.39 Å². The lowest BCUT2D eigenvalue weighted by Gasteiger charge is -2.21. The molecule has 0 spiro atoms. The summed E-state index contributed by atoms with van der Waals surface area (Å²) in [5.41, 5.74) is 1.46. The van der Waals surface area contributed by atoms with Crippen LogP contribution < -0.4 is 4.72 Å². The third-order valence-corrected chi connectivity index (χ3v) is 7.41. The van der Waals surface area contributed by atoms with Gasteiger partial charge >= 0.3 is 5.97 Å². The summed E-state index contributed by atoms with van der Waals surface area (Å²) >= 11 is 0. The van der Waals surface area contributed by atoms with Crippen molar-refractivity contribution in [3.8, 4) is 11.1 Å². The summed E-state index contributed by atoms with van der Waals surface area (Å²) in [5.74, 6) is -1.72. The molecular weight excluding hydrogens is 481 g/mol. The predicted molar refractivity (Wildman–Crippen MR) is 138 cm³/mol. The molecular formula is C27H34FN3O4S. The van der Waals surface area contributed by atoms with Crippen molar-refractivity contribution in [3.63, 3.8) is 0 Å². The number of hydrogen-bond acceptors (Lipinski definition) is 4. The fraction of sp³-hybridized carbons (Fsp3) is 0.407. The molecule has 0 unspecified atom stereocenters. The number of halogens is 1. The lowest BCUT2D eigenvalue weighted by atomic mass is 9.98. The molecule has 2 aromatic carbocycles. The minimum atomic E-state index is -3.90. The minimum absolute atomic E-state index is 0.0117. The standard InChI is InChI=1S/C27H34FN3O4S/c1-7-14-31-22(24(26(32)33)25(29-31)17(2)3)16-18-12-13-19(21(28)15-18)20-10-8-9-11-23(20)36(34,35)30-27(4,5)6/h8-13,15,17,30H,7,14,16H2,1-6H3,(H,32,33). The van der Waals surface area contributed by atoms with Crippen LogP contribution in [0.3, 0.4) is 0 Å². The number of nitrogens with one attached hydrogen (secondary N) is 1. The highest BCUT2D eigenvalue weighted by atomic mass is 32.2. The molecule has 2 N–H and O–H groups in total. The van der Waals surface area contributed by atoms with E-state index in [-0.39, 0.29) is 33.9 Å². The third kappa shape index (κ3) is 6.02. The summed E-state index contributed by atoms with van der Waals surface area (Å²) in [5, 5.41) is 14.4. The van der Waals surface area contributed by atoms with Crippen molar-refractivity contribution in [1.29, 1.82) is 0 Å². The summed E-state index contributed by atoms with van der Waals surface area (Å²) in [6, 6.07) is 10.9. The van der Waals surface area contributed by atoms with Gasteiger partial charge in [0.2, 0.25) is 10.0 Å². The Morgan fingerprint density at radius 2 is 1.81 bits per heavy atom. The number of hydrogen-bond donors (Lipinski definition) is 2. The quantitative estimate of drug-likeness (QED) is 0.387. The van der Waals surface area contributed by atoms with Gasteiger partial charge in [-0.1, -0.05) is 51.1 Å². The van der Waals surface area contributed by atoms with Crippen LogP contribution in [-0.4, -0.2) is 34.8 Å². The number of carbonyl (C=O) groups is 1. The molecule has 3 rings (SSSR count). The van der Waals surface area contributed by atoms with Gasteiger partial charge in [-0.05, 0) is 50.8 Å². The summed E-state index contributed by atoms with van der Waals surface area (Å²) in [4.78, 5) is 12.1. The maximum atomic E-state index is 15.4. The smallest absolute Gasteiger partial charge is 0.339 e. The maximum Gasteiger partial charge on any atom is 0.339 e. The normalized spacial score (nSPS) is 12.3. The zero-order valence-corrected chi connectivity index (χ0v) is 22.4. The highest BCUT2D eigenvalue weighted by molar-refractivity contribution is 7.89. The van der Waals surface area contributed by atoms with E-state index < -0.39 is 27.3 Å². The fourth-order valence-electron chi connectivity index (χ4n) is 4.19. The molecule has 0 atom stereocenters. The molecule has 0 radical (unpaired) electrons. The van der Waals surface area contributed by atoms with Crippen molar-refractivity contribution in [2.75, 3.05) is 0 Å². The summed E-state index contributed by atoms with van der Waals surface area (Å²) < 4.78 is 45.8. The van der Waals surface area contributed by atoms with Gasteiger partial charge < -0.3 is 5.11 Å². The second-order valence-corrected chi connectivity index (χ2v) is 11.9. The van der Waals surface area contributed by atoms with Crippen molar-refractivity contribution in [2.45, 2.75) is 77.3 Å². The van der Waals surface area contributed by atoms with Crippen LogP contribution in [0.15, 0.2) is 47.4 Å². The van der Waals surface area contributed by atoms with Gasteiger partial charge in [-0.3, -0.25) is 4.68 Å². The third-order valence-electron chi connectivity index (χ3n) is 5.59. The van der Waals surface area contributed by atoms with Crippen LogP contribution in [0.2, 0.25) is 0 Å². The molecule has 0 aliphatic carbocycles. The Labute approximate surface area is 212 Å². The number of sulfonamides is 1. The Morgan fingerprint density at radius 1 is 1.14 bits per heavy atom. The van der Waals surface area contributed by atoms with Crippen molar-refractivity contribution in [3.05, 3.63) is 70.8 Å². The van der Waals surface area contributed by atoms with Crippen molar-refractivity contribution < 1.29 is 22.7 Å². The minimum Gasteiger partial charge on any atom is -0.478 e. The zero-order chi connectivity index (χ0) is 26.8. The first-order valence-corrected chi connectivity index (χ1v) is 13.5. The average Bonchev–Trinajstić information content (AvgIpc) is 3.11. The Hall–Kier alpha value is -3.04. The first-order valence-electron chi connectivity index (χ1n) is 12.0. The molecule has 0 fully saturated rings. The maximum absolute atomic E-state index is 15.4. The van der Waals surface area contributed by atoms with Gasteiger partial charge in [-0.15, -0.1) is 0 Å². The number of nitrogens with zero attached hydrogens (tertiary/aromatic N) is 2. The zero-order valence-electron chi connectivity index (χ0n) is 21.6.